The molecule has 1 aromatic rings. The van der Waals surface area contributed by atoms with Gasteiger partial charge in [-0.05, 0) is 37.5 Å². The monoisotopic (exact) mass is 250 g/mol. The fourth-order valence-corrected chi connectivity index (χ4v) is 2.46. The Hall–Kier alpha value is -1.75. The van der Waals surface area contributed by atoms with Crippen molar-refractivity contribution in [1.82, 2.24) is 0 Å². The third kappa shape index (κ3) is 2.41. The van der Waals surface area contributed by atoms with Crippen LogP contribution in [0.5, 0.6) is 0 Å². The number of carboxylic acid groups (broad SMARTS) is 1. The third-order valence-electron chi connectivity index (χ3n) is 3.42. The molecule has 1 heterocycles. The van der Waals surface area contributed by atoms with Crippen molar-refractivity contribution in [3.8, 4) is 0 Å². The van der Waals surface area contributed by atoms with Crippen LogP contribution in [0.15, 0.2) is 18.2 Å². The van der Waals surface area contributed by atoms with Crippen molar-refractivity contribution >= 4 is 17.3 Å². The van der Waals surface area contributed by atoms with Gasteiger partial charge in [0, 0.05) is 6.54 Å². The van der Waals surface area contributed by atoms with Gasteiger partial charge in [-0.15, -0.1) is 0 Å². The summed E-state index contributed by atoms with van der Waals surface area (Å²) >= 11 is 0. The van der Waals surface area contributed by atoms with Gasteiger partial charge in [0.25, 0.3) is 0 Å². The lowest BCUT2D eigenvalue weighted by atomic mass is 10.0. The second-order valence-corrected chi connectivity index (χ2v) is 4.60. The summed E-state index contributed by atoms with van der Waals surface area (Å²) in [4.78, 5) is 12.9. The Bertz CT molecular complexity index is 448. The van der Waals surface area contributed by atoms with Gasteiger partial charge >= 0.3 is 5.97 Å². The fourth-order valence-electron chi connectivity index (χ4n) is 2.46. The Morgan fingerprint density at radius 3 is 2.83 bits per heavy atom. The minimum atomic E-state index is -0.981. The Balaban J connectivity index is 2.29. The van der Waals surface area contributed by atoms with Crippen molar-refractivity contribution in [2.75, 3.05) is 23.8 Å². The average molecular weight is 250 g/mol. The molecular formula is C13H18N2O3. The van der Waals surface area contributed by atoms with Crippen molar-refractivity contribution in [1.29, 1.82) is 0 Å². The summed E-state index contributed by atoms with van der Waals surface area (Å²) < 4.78 is 0. The van der Waals surface area contributed by atoms with E-state index in [4.69, 9.17) is 10.8 Å². The maximum Gasteiger partial charge on any atom is 0.335 e. The van der Waals surface area contributed by atoms with Crippen molar-refractivity contribution in [2.24, 2.45) is 0 Å². The highest BCUT2D eigenvalue weighted by Crippen LogP contribution is 2.30. The molecule has 0 radical (unpaired) electrons. The molecule has 18 heavy (non-hydrogen) atoms. The van der Waals surface area contributed by atoms with Crippen molar-refractivity contribution in [2.45, 2.75) is 25.3 Å². The lowest BCUT2D eigenvalue weighted by Gasteiger charge is -2.37. The van der Waals surface area contributed by atoms with Crippen LogP contribution >= 0.6 is 0 Å². The largest absolute Gasteiger partial charge is 0.478 e. The van der Waals surface area contributed by atoms with Gasteiger partial charge in [0.2, 0.25) is 0 Å². The summed E-state index contributed by atoms with van der Waals surface area (Å²) in [5.41, 5.74) is 7.38. The van der Waals surface area contributed by atoms with E-state index in [-0.39, 0.29) is 18.2 Å². The molecule has 1 atom stereocenters. The highest BCUT2D eigenvalue weighted by Gasteiger charge is 2.23. The topological polar surface area (TPSA) is 86.8 Å². The SMILES string of the molecule is Nc1cc(C(=O)O)ccc1N1CCCCC1CO. The van der Waals surface area contributed by atoms with E-state index in [0.717, 1.165) is 31.5 Å². The van der Waals surface area contributed by atoms with Crippen LogP contribution in [0.2, 0.25) is 0 Å². The lowest BCUT2D eigenvalue weighted by Crippen LogP contribution is -2.42. The summed E-state index contributed by atoms with van der Waals surface area (Å²) in [5, 5.41) is 18.3. The highest BCUT2D eigenvalue weighted by molar-refractivity contribution is 5.90. The van der Waals surface area contributed by atoms with Gasteiger partial charge in [0.15, 0.2) is 0 Å². The number of anilines is 2. The predicted molar refractivity (Wildman–Crippen MR) is 69.9 cm³/mol. The number of carbonyl (C=O) groups is 1. The Labute approximate surface area is 106 Å². The van der Waals surface area contributed by atoms with Crippen LogP contribution < -0.4 is 10.6 Å². The molecule has 1 saturated heterocycles. The first kappa shape index (κ1) is 12.7. The normalized spacial score (nSPS) is 19.8. The molecule has 1 unspecified atom stereocenters. The summed E-state index contributed by atoms with van der Waals surface area (Å²) in [6, 6.07) is 4.83. The van der Waals surface area contributed by atoms with Gasteiger partial charge in [0.1, 0.15) is 0 Å². The van der Waals surface area contributed by atoms with Crippen LogP contribution in [0.25, 0.3) is 0 Å². The van der Waals surface area contributed by atoms with E-state index >= 15 is 0 Å². The molecule has 0 spiro atoms. The van der Waals surface area contributed by atoms with Crippen LogP contribution in [0.3, 0.4) is 0 Å². The van der Waals surface area contributed by atoms with E-state index in [1.165, 1.54) is 6.07 Å². The smallest absolute Gasteiger partial charge is 0.335 e. The van der Waals surface area contributed by atoms with E-state index in [2.05, 4.69) is 4.90 Å². The summed E-state index contributed by atoms with van der Waals surface area (Å²) in [7, 11) is 0. The molecule has 0 bridgehead atoms. The number of hydrogen-bond acceptors (Lipinski definition) is 4. The van der Waals surface area contributed by atoms with Crippen LogP contribution in [0.1, 0.15) is 29.6 Å². The minimum Gasteiger partial charge on any atom is -0.478 e. The van der Waals surface area contributed by atoms with Gasteiger partial charge < -0.3 is 20.8 Å². The maximum atomic E-state index is 10.9. The molecule has 1 aromatic carbocycles. The first-order valence-corrected chi connectivity index (χ1v) is 6.14. The first-order chi connectivity index (χ1) is 8.63. The second-order valence-electron chi connectivity index (χ2n) is 4.60. The predicted octanol–water partition coefficient (Wildman–Crippen LogP) is 1.32. The molecule has 0 saturated carbocycles. The summed E-state index contributed by atoms with van der Waals surface area (Å²) in [6.07, 6.45) is 3.11. The van der Waals surface area contributed by atoms with Crippen LogP contribution in [-0.4, -0.2) is 35.4 Å². The number of aliphatic hydroxyl groups excluding tert-OH is 1. The zero-order valence-corrected chi connectivity index (χ0v) is 10.2. The number of aromatic carboxylic acids is 1. The number of carboxylic acids is 1. The van der Waals surface area contributed by atoms with Crippen molar-refractivity contribution < 1.29 is 15.0 Å². The van der Waals surface area contributed by atoms with Gasteiger partial charge in [0.05, 0.1) is 29.6 Å². The lowest BCUT2D eigenvalue weighted by molar-refractivity contribution is 0.0697. The molecule has 98 valence electrons. The van der Waals surface area contributed by atoms with E-state index in [1.807, 2.05) is 0 Å². The van der Waals surface area contributed by atoms with E-state index in [0.29, 0.717) is 5.69 Å². The van der Waals surface area contributed by atoms with Crippen LogP contribution in [0, 0.1) is 0 Å². The molecule has 1 aliphatic heterocycles. The second kappa shape index (κ2) is 5.27. The summed E-state index contributed by atoms with van der Waals surface area (Å²) in [6.45, 7) is 0.946. The molecule has 0 aliphatic carbocycles. The molecule has 4 N–H and O–H groups in total. The quantitative estimate of drug-likeness (QED) is 0.704. The number of benzene rings is 1. The van der Waals surface area contributed by atoms with Crippen LogP contribution in [0.4, 0.5) is 11.4 Å². The van der Waals surface area contributed by atoms with Crippen LogP contribution in [-0.2, 0) is 0 Å². The van der Waals surface area contributed by atoms with Crippen molar-refractivity contribution in [3.05, 3.63) is 23.8 Å². The van der Waals surface area contributed by atoms with Crippen molar-refractivity contribution in [3.63, 3.8) is 0 Å². The fraction of sp³-hybridized carbons (Fsp3) is 0.462. The third-order valence-corrected chi connectivity index (χ3v) is 3.42. The number of piperidine rings is 1. The zero-order chi connectivity index (χ0) is 13.1. The van der Waals surface area contributed by atoms with E-state index in [9.17, 15) is 9.90 Å². The maximum absolute atomic E-state index is 10.9. The molecule has 5 nitrogen and oxygen atoms in total. The highest BCUT2D eigenvalue weighted by atomic mass is 16.4. The van der Waals surface area contributed by atoms with E-state index < -0.39 is 5.97 Å². The number of nitrogens with zero attached hydrogens (tertiary/aromatic N) is 1. The van der Waals surface area contributed by atoms with Gasteiger partial charge in [-0.2, -0.15) is 0 Å². The Morgan fingerprint density at radius 1 is 1.44 bits per heavy atom. The average Bonchev–Trinajstić information content (AvgIpc) is 2.38. The van der Waals surface area contributed by atoms with Gasteiger partial charge in [-0.1, -0.05) is 0 Å². The molecule has 1 aliphatic rings. The Morgan fingerprint density at radius 2 is 2.22 bits per heavy atom. The molecule has 2 rings (SSSR count). The molecule has 0 amide bonds. The zero-order valence-electron chi connectivity index (χ0n) is 10.2. The number of nitrogen functional groups attached to an aromatic ring is 1. The summed E-state index contributed by atoms with van der Waals surface area (Å²) in [5.74, 6) is -0.981. The standard InChI is InChI=1S/C13H18N2O3/c14-11-7-9(13(17)18)4-5-12(11)15-6-2-1-3-10(15)8-16/h4-5,7,10,16H,1-3,6,8,14H2,(H,17,18). The van der Waals surface area contributed by atoms with E-state index in [1.54, 1.807) is 12.1 Å². The number of nitrogens with two attached hydrogens (primary N) is 1. The molecule has 1 fully saturated rings. The molecular weight excluding hydrogens is 232 g/mol. The number of hydrogen-bond donors (Lipinski definition) is 3. The first-order valence-electron chi connectivity index (χ1n) is 6.14. The molecule has 0 aromatic heterocycles. The van der Waals surface area contributed by atoms with Gasteiger partial charge in [-0.3, -0.25) is 0 Å². The Kier molecular flexibility index (Phi) is 3.72. The van der Waals surface area contributed by atoms with Gasteiger partial charge in [-0.25, -0.2) is 4.79 Å². The minimum absolute atomic E-state index is 0.0803. The molecule has 5 heteroatoms. The number of aliphatic hydroxyl groups is 1. The number of rotatable bonds is 3.